The molecule has 1 amide bonds. The van der Waals surface area contributed by atoms with E-state index in [1.807, 2.05) is 6.07 Å². The van der Waals surface area contributed by atoms with E-state index in [1.54, 1.807) is 13.3 Å². The second-order valence-electron chi connectivity index (χ2n) is 10.7. The monoisotopic (exact) mass is 554 g/mol. The summed E-state index contributed by atoms with van der Waals surface area (Å²) in [5, 5.41) is 7.14. The van der Waals surface area contributed by atoms with Gasteiger partial charge in [0.15, 0.2) is 5.82 Å². The van der Waals surface area contributed by atoms with Crippen molar-refractivity contribution in [1.82, 2.24) is 14.9 Å². The van der Waals surface area contributed by atoms with E-state index in [4.69, 9.17) is 31.5 Å². The number of methoxy groups -OCH3 is 1. The van der Waals surface area contributed by atoms with Gasteiger partial charge >= 0.3 is 6.09 Å². The quantitative estimate of drug-likeness (QED) is 0.345. The number of aryl methyl sites for hydroxylation is 1. The van der Waals surface area contributed by atoms with Gasteiger partial charge < -0.3 is 30.6 Å². The average molecular weight is 555 g/mol. The molecule has 1 aromatic heterocycles. The number of primary amides is 1. The van der Waals surface area contributed by atoms with Crippen molar-refractivity contribution in [2.75, 3.05) is 44.0 Å². The number of anilines is 3. The van der Waals surface area contributed by atoms with Crippen molar-refractivity contribution < 1.29 is 19.0 Å². The summed E-state index contributed by atoms with van der Waals surface area (Å²) < 4.78 is 17.0. The molecule has 0 radical (unpaired) electrons. The number of hydrogen-bond donors (Lipinski definition) is 3. The number of ether oxygens (including phenoxy) is 3. The molecule has 4 aliphatic rings. The first-order valence-corrected chi connectivity index (χ1v) is 14.1. The summed E-state index contributed by atoms with van der Waals surface area (Å²) in [6.45, 7) is 3.53. The fourth-order valence-corrected chi connectivity index (χ4v) is 6.79. The van der Waals surface area contributed by atoms with Crippen molar-refractivity contribution in [3.05, 3.63) is 46.6 Å². The van der Waals surface area contributed by atoms with Crippen LogP contribution in [0.5, 0.6) is 5.75 Å². The van der Waals surface area contributed by atoms with Gasteiger partial charge in [0, 0.05) is 36.5 Å². The van der Waals surface area contributed by atoms with Crippen LogP contribution in [-0.2, 0) is 22.3 Å². The molecule has 208 valence electrons. The minimum Gasteiger partial charge on any atom is -0.494 e. The molecule has 2 fully saturated rings. The normalized spacial score (nSPS) is 28.0. The number of nitrogens with two attached hydrogens (primary N) is 1. The largest absolute Gasteiger partial charge is 0.494 e. The van der Waals surface area contributed by atoms with E-state index in [-0.39, 0.29) is 24.0 Å². The number of carbonyl (C=O) groups excluding carboxylic acids is 1. The predicted octanol–water partition coefficient (Wildman–Crippen LogP) is 3.91. The number of hydrogen-bond acceptors (Lipinski definition) is 9. The maximum Gasteiger partial charge on any atom is 0.404 e. The Morgan fingerprint density at radius 3 is 2.85 bits per heavy atom. The molecule has 1 saturated heterocycles. The van der Waals surface area contributed by atoms with Gasteiger partial charge in [-0.15, -0.1) is 0 Å². The summed E-state index contributed by atoms with van der Waals surface area (Å²) in [5.41, 5.74) is 8.72. The molecule has 1 aliphatic heterocycles. The highest BCUT2D eigenvalue weighted by Crippen LogP contribution is 2.43. The van der Waals surface area contributed by atoms with Crippen LogP contribution >= 0.6 is 11.6 Å². The van der Waals surface area contributed by atoms with Crippen molar-refractivity contribution in [1.29, 1.82) is 0 Å². The van der Waals surface area contributed by atoms with Gasteiger partial charge in [0.05, 0.1) is 38.2 Å². The maximum atomic E-state index is 11.5. The first-order valence-electron chi connectivity index (χ1n) is 13.7. The van der Waals surface area contributed by atoms with Crippen LogP contribution in [0.2, 0.25) is 5.02 Å². The molecule has 10 nitrogen and oxygen atoms in total. The Morgan fingerprint density at radius 1 is 1.23 bits per heavy atom. The Bertz CT molecular complexity index is 1250. The van der Waals surface area contributed by atoms with E-state index in [1.165, 1.54) is 11.1 Å². The van der Waals surface area contributed by atoms with Gasteiger partial charge in [-0.1, -0.05) is 29.8 Å². The summed E-state index contributed by atoms with van der Waals surface area (Å²) in [6.07, 6.45) is 9.80. The van der Waals surface area contributed by atoms with E-state index in [2.05, 4.69) is 43.7 Å². The van der Waals surface area contributed by atoms with Crippen molar-refractivity contribution in [3.8, 4) is 5.75 Å². The van der Waals surface area contributed by atoms with Crippen molar-refractivity contribution in [3.63, 3.8) is 0 Å². The molecule has 2 bridgehead atoms. The molecule has 1 saturated carbocycles. The number of rotatable bonds is 7. The molecule has 2 aromatic rings. The standard InChI is InChI=1S/C28H35ClN6O4/c1-37-25-20-14-19(35-9-11-38-12-10-35)4-2-3-16(20)7-8-22(25)32-28-31-15-21(29)26(34-28)33-23-17-5-6-18(13-17)24(23)39-27(30)36/h5-8,15,17-19,23-24H,2-4,9-14H2,1H3,(H2,30,36)(H2,31,32,33,34)/t17-,18+,19?,23+,24-/m0/s1. The van der Waals surface area contributed by atoms with Crippen LogP contribution in [-0.4, -0.2) is 72.6 Å². The number of nitrogens with one attached hydrogen (secondary N) is 2. The topological polar surface area (TPSA) is 124 Å². The van der Waals surface area contributed by atoms with Crippen LogP contribution in [0.25, 0.3) is 0 Å². The smallest absolute Gasteiger partial charge is 0.404 e. The van der Waals surface area contributed by atoms with Crippen LogP contribution in [0.1, 0.15) is 30.4 Å². The molecule has 2 heterocycles. The maximum absolute atomic E-state index is 11.5. The second kappa shape index (κ2) is 11.2. The summed E-state index contributed by atoms with van der Waals surface area (Å²) in [5.74, 6) is 2.02. The fraction of sp³-hybridized carbons (Fsp3) is 0.536. The van der Waals surface area contributed by atoms with Crippen molar-refractivity contribution in [2.24, 2.45) is 17.6 Å². The molecular formula is C28H35ClN6O4. The minimum atomic E-state index is -0.782. The third-order valence-electron chi connectivity index (χ3n) is 8.48. The number of halogens is 1. The highest BCUT2D eigenvalue weighted by molar-refractivity contribution is 6.32. The summed E-state index contributed by atoms with van der Waals surface area (Å²) in [4.78, 5) is 23.2. The van der Waals surface area contributed by atoms with Gasteiger partial charge in [-0.05, 0) is 43.7 Å². The Morgan fingerprint density at radius 2 is 2.05 bits per heavy atom. The fourth-order valence-electron chi connectivity index (χ4n) is 6.65. The Balaban J connectivity index is 1.23. The van der Waals surface area contributed by atoms with E-state index < -0.39 is 6.09 Å². The molecule has 5 atom stereocenters. The van der Waals surface area contributed by atoms with Crippen molar-refractivity contribution >= 4 is 35.1 Å². The Labute approximate surface area is 233 Å². The van der Waals surface area contributed by atoms with E-state index in [0.717, 1.165) is 69.8 Å². The number of aromatic nitrogens is 2. The lowest BCUT2D eigenvalue weighted by molar-refractivity contribution is 0.0148. The van der Waals surface area contributed by atoms with Gasteiger partial charge in [0.2, 0.25) is 5.95 Å². The lowest BCUT2D eigenvalue weighted by atomic mass is 9.98. The molecule has 4 N–H and O–H groups in total. The zero-order chi connectivity index (χ0) is 26.9. The second-order valence-corrected chi connectivity index (χ2v) is 11.1. The third-order valence-corrected chi connectivity index (χ3v) is 8.76. The van der Waals surface area contributed by atoms with Gasteiger partial charge in [0.1, 0.15) is 16.9 Å². The molecule has 0 spiro atoms. The van der Waals surface area contributed by atoms with Crippen LogP contribution in [0, 0.1) is 11.8 Å². The molecular weight excluding hydrogens is 520 g/mol. The molecule has 6 rings (SSSR count). The summed E-state index contributed by atoms with van der Waals surface area (Å²) in [6, 6.07) is 4.51. The minimum absolute atomic E-state index is 0.128. The molecule has 1 aromatic carbocycles. The first kappa shape index (κ1) is 26.2. The third kappa shape index (κ3) is 5.37. The highest BCUT2D eigenvalue weighted by atomic mass is 35.5. The first-order chi connectivity index (χ1) is 19.0. The number of carbonyl (C=O) groups is 1. The number of amides is 1. The van der Waals surface area contributed by atoms with E-state index >= 15 is 0 Å². The van der Waals surface area contributed by atoms with Gasteiger partial charge in [0.25, 0.3) is 0 Å². The molecule has 1 unspecified atom stereocenters. The summed E-state index contributed by atoms with van der Waals surface area (Å²) in [7, 11) is 1.71. The number of fused-ring (bicyclic) bond motifs is 3. The average Bonchev–Trinajstić information content (AvgIpc) is 3.46. The zero-order valence-corrected chi connectivity index (χ0v) is 22.8. The SMILES string of the molecule is COc1c(Nc2ncc(Cl)c(N[C@H]3[C@@H](OC(N)=O)[C@@H]4C=C[C@H]3C4)n2)ccc2c1CC(N1CCOCC1)CCC2. The van der Waals surface area contributed by atoms with Gasteiger partial charge in [-0.25, -0.2) is 9.78 Å². The molecule has 3 aliphatic carbocycles. The number of benzene rings is 1. The summed E-state index contributed by atoms with van der Waals surface area (Å²) >= 11 is 6.49. The Kier molecular flexibility index (Phi) is 7.51. The van der Waals surface area contributed by atoms with E-state index in [9.17, 15) is 4.79 Å². The lowest BCUT2D eigenvalue weighted by Crippen LogP contribution is -2.44. The van der Waals surface area contributed by atoms with Gasteiger partial charge in [-0.3, -0.25) is 4.90 Å². The highest BCUT2D eigenvalue weighted by Gasteiger charge is 2.47. The van der Waals surface area contributed by atoms with Crippen LogP contribution < -0.4 is 21.1 Å². The zero-order valence-electron chi connectivity index (χ0n) is 22.1. The number of nitrogens with zero attached hydrogens (tertiary/aromatic N) is 3. The van der Waals surface area contributed by atoms with Crippen LogP contribution in [0.15, 0.2) is 30.5 Å². The van der Waals surface area contributed by atoms with Crippen molar-refractivity contribution in [2.45, 2.75) is 50.3 Å². The molecule has 11 heteroatoms. The van der Waals surface area contributed by atoms with Crippen LogP contribution in [0.4, 0.5) is 22.2 Å². The Hall–Kier alpha value is -3.08. The van der Waals surface area contributed by atoms with Crippen LogP contribution in [0.3, 0.4) is 0 Å². The van der Waals surface area contributed by atoms with Gasteiger partial charge in [-0.2, -0.15) is 4.98 Å². The van der Waals surface area contributed by atoms with E-state index in [0.29, 0.717) is 22.8 Å². The predicted molar refractivity (Wildman–Crippen MR) is 149 cm³/mol. The number of morpholine rings is 1. The molecule has 39 heavy (non-hydrogen) atoms. The lowest BCUT2D eigenvalue weighted by Gasteiger charge is -2.34.